The normalized spacial score (nSPS) is 19.2. The molecule has 210 valence electrons. The third-order valence-electron chi connectivity index (χ3n) is 6.69. The van der Waals surface area contributed by atoms with Crippen LogP contribution in [0.2, 0.25) is 0 Å². The van der Waals surface area contributed by atoms with E-state index in [0.717, 1.165) is 5.56 Å². The summed E-state index contributed by atoms with van der Waals surface area (Å²) in [5, 5.41) is 15.1. The molecule has 2 heterocycles. The highest BCUT2D eigenvalue weighted by Crippen LogP contribution is 2.28. The number of rotatable bonds is 10. The lowest BCUT2D eigenvalue weighted by Gasteiger charge is -2.54. The molecule has 4 rings (SSSR count). The second-order valence-corrected chi connectivity index (χ2v) is 9.34. The van der Waals surface area contributed by atoms with E-state index in [1.165, 1.54) is 25.9 Å². The molecule has 0 unspecified atom stereocenters. The predicted molar refractivity (Wildman–Crippen MR) is 140 cm³/mol. The summed E-state index contributed by atoms with van der Waals surface area (Å²) in [6, 6.07) is 13.5. The zero-order valence-corrected chi connectivity index (χ0v) is 21.7. The Kier molecular flexibility index (Phi) is 9.31. The van der Waals surface area contributed by atoms with Crippen molar-refractivity contribution in [3.63, 3.8) is 0 Å². The topological polar surface area (TPSA) is 123 Å². The lowest BCUT2D eigenvalue weighted by Crippen LogP contribution is -2.76. The number of nitrogens with zero attached hydrogens (tertiary/aromatic N) is 4. The van der Waals surface area contributed by atoms with Crippen LogP contribution in [0.15, 0.2) is 54.6 Å². The molecule has 2 aromatic rings. The fourth-order valence-corrected chi connectivity index (χ4v) is 4.83. The fourth-order valence-electron chi connectivity index (χ4n) is 4.83. The van der Waals surface area contributed by atoms with E-state index in [0.29, 0.717) is 5.56 Å². The van der Waals surface area contributed by atoms with Gasteiger partial charge in [-0.25, -0.2) is 14.2 Å². The van der Waals surface area contributed by atoms with E-state index in [9.17, 15) is 28.7 Å². The molecule has 2 aliphatic rings. The number of benzene rings is 2. The standard InChI is InChI=1S/C28H30FN5O6/c1-2-12-32-18-25(35)33-23(15-26(36)37)27(38)31(13-14-40-19-21-10-6-7-11-22(21)29)17-24(33)34(32)28(39)30-16-20-8-4-3-5-9-20/h1,3-11,23-24H,12-19H2,(H,30,39)(H,36,37)/t23-,24-/m0/s1. The first-order valence-electron chi connectivity index (χ1n) is 12.7. The van der Waals surface area contributed by atoms with E-state index in [1.54, 1.807) is 18.2 Å². The van der Waals surface area contributed by atoms with Gasteiger partial charge in [-0.15, -0.1) is 6.42 Å². The van der Waals surface area contributed by atoms with Crippen LogP contribution in [-0.4, -0.2) is 93.7 Å². The second kappa shape index (κ2) is 13.1. The van der Waals surface area contributed by atoms with Crippen LogP contribution in [0, 0.1) is 18.2 Å². The van der Waals surface area contributed by atoms with Crippen molar-refractivity contribution in [3.8, 4) is 12.3 Å². The van der Waals surface area contributed by atoms with Gasteiger partial charge >= 0.3 is 12.0 Å². The zero-order chi connectivity index (χ0) is 28.6. The molecule has 11 nitrogen and oxygen atoms in total. The Morgan fingerprint density at radius 3 is 2.55 bits per heavy atom. The lowest BCUT2D eigenvalue weighted by molar-refractivity contribution is -0.190. The Morgan fingerprint density at radius 2 is 1.85 bits per heavy atom. The fraction of sp³-hybridized carbons (Fsp3) is 0.357. The molecule has 12 heteroatoms. The number of urea groups is 1. The van der Waals surface area contributed by atoms with E-state index < -0.39 is 48.3 Å². The van der Waals surface area contributed by atoms with E-state index >= 15 is 0 Å². The monoisotopic (exact) mass is 551 g/mol. The highest BCUT2D eigenvalue weighted by Gasteiger charge is 2.51. The number of hydrazine groups is 1. The van der Waals surface area contributed by atoms with Crippen molar-refractivity contribution < 1.29 is 33.4 Å². The van der Waals surface area contributed by atoms with E-state index in [4.69, 9.17) is 11.2 Å². The first-order chi connectivity index (χ1) is 19.3. The van der Waals surface area contributed by atoms with Gasteiger partial charge in [0, 0.05) is 18.7 Å². The van der Waals surface area contributed by atoms with Crippen LogP contribution in [0.25, 0.3) is 0 Å². The molecule has 2 saturated heterocycles. The Balaban J connectivity index is 1.54. The van der Waals surface area contributed by atoms with Crippen molar-refractivity contribution in [1.82, 2.24) is 25.1 Å². The minimum Gasteiger partial charge on any atom is -0.481 e. The highest BCUT2D eigenvalue weighted by atomic mass is 19.1. The smallest absolute Gasteiger partial charge is 0.334 e. The van der Waals surface area contributed by atoms with Crippen LogP contribution >= 0.6 is 0 Å². The lowest BCUT2D eigenvalue weighted by atomic mass is 10.0. The Morgan fingerprint density at radius 1 is 1.12 bits per heavy atom. The summed E-state index contributed by atoms with van der Waals surface area (Å²) in [5.41, 5.74) is 1.20. The van der Waals surface area contributed by atoms with Crippen molar-refractivity contribution in [2.75, 3.05) is 32.8 Å². The molecule has 2 atom stereocenters. The predicted octanol–water partition coefficient (Wildman–Crippen LogP) is 1.26. The molecule has 0 saturated carbocycles. The Labute approximate surface area is 231 Å². The van der Waals surface area contributed by atoms with Gasteiger partial charge in [-0.2, -0.15) is 5.01 Å². The van der Waals surface area contributed by atoms with Crippen LogP contribution in [0.1, 0.15) is 17.5 Å². The zero-order valence-electron chi connectivity index (χ0n) is 21.7. The van der Waals surface area contributed by atoms with Gasteiger partial charge in [0.1, 0.15) is 18.0 Å². The van der Waals surface area contributed by atoms with Gasteiger partial charge in [0.25, 0.3) is 0 Å². The Hall–Kier alpha value is -4.47. The van der Waals surface area contributed by atoms with Crippen molar-refractivity contribution in [2.24, 2.45) is 0 Å². The number of carbonyl (C=O) groups is 4. The molecule has 0 spiro atoms. The molecule has 0 aromatic heterocycles. The maximum Gasteiger partial charge on any atom is 0.334 e. The molecule has 4 amide bonds. The number of carbonyl (C=O) groups excluding carboxylic acids is 3. The molecule has 0 radical (unpaired) electrons. The summed E-state index contributed by atoms with van der Waals surface area (Å²) in [5.74, 6) is -0.325. The van der Waals surface area contributed by atoms with Crippen molar-refractivity contribution in [1.29, 1.82) is 0 Å². The van der Waals surface area contributed by atoms with E-state index in [1.807, 2.05) is 30.3 Å². The Bertz CT molecular complexity index is 1290. The van der Waals surface area contributed by atoms with Crippen molar-refractivity contribution in [2.45, 2.75) is 31.8 Å². The summed E-state index contributed by atoms with van der Waals surface area (Å²) in [7, 11) is 0. The van der Waals surface area contributed by atoms with E-state index in [-0.39, 0.29) is 45.9 Å². The van der Waals surface area contributed by atoms with Gasteiger partial charge in [0.15, 0.2) is 0 Å². The number of nitrogens with one attached hydrogen (secondary N) is 1. The maximum atomic E-state index is 13.9. The molecule has 2 fully saturated rings. The molecular formula is C28H30FN5O6. The minimum absolute atomic E-state index is 0.0226. The third kappa shape index (κ3) is 6.56. The number of carboxylic acid groups (broad SMARTS) is 1. The maximum absolute atomic E-state index is 13.9. The number of hydrogen-bond acceptors (Lipinski definition) is 6. The SMILES string of the molecule is C#CCN1CC(=O)N2[C@@H](CC(=O)O)C(=O)N(CCOCc3ccccc3F)C[C@@H]2N1C(=O)NCc1ccccc1. The number of halogens is 1. The van der Waals surface area contributed by atoms with Crippen molar-refractivity contribution in [3.05, 3.63) is 71.5 Å². The molecule has 0 aliphatic carbocycles. The number of aliphatic carboxylic acids is 1. The first-order valence-corrected chi connectivity index (χ1v) is 12.7. The largest absolute Gasteiger partial charge is 0.481 e. The molecule has 40 heavy (non-hydrogen) atoms. The number of piperazine rings is 1. The van der Waals surface area contributed by atoms with Crippen LogP contribution in [0.5, 0.6) is 0 Å². The number of fused-ring (bicyclic) bond motifs is 1. The summed E-state index contributed by atoms with van der Waals surface area (Å²) < 4.78 is 19.5. The van der Waals surface area contributed by atoms with Crippen LogP contribution < -0.4 is 5.32 Å². The number of terminal acetylenes is 1. The average molecular weight is 552 g/mol. The summed E-state index contributed by atoms with van der Waals surface area (Å²) in [6.07, 6.45) is 3.88. The number of amides is 4. The van der Waals surface area contributed by atoms with Gasteiger partial charge in [-0.05, 0) is 11.6 Å². The molecule has 0 bridgehead atoms. The molecule has 2 aliphatic heterocycles. The number of ether oxygens (including phenoxy) is 1. The highest BCUT2D eigenvalue weighted by molar-refractivity contribution is 5.93. The minimum atomic E-state index is -1.33. The summed E-state index contributed by atoms with van der Waals surface area (Å²) >= 11 is 0. The molecule has 2 N–H and O–H groups in total. The average Bonchev–Trinajstić information content (AvgIpc) is 2.93. The van der Waals surface area contributed by atoms with Crippen LogP contribution in [-0.2, 0) is 32.3 Å². The van der Waals surface area contributed by atoms with Gasteiger partial charge in [-0.1, -0.05) is 54.5 Å². The van der Waals surface area contributed by atoms with Gasteiger partial charge < -0.3 is 25.0 Å². The molecular weight excluding hydrogens is 521 g/mol. The van der Waals surface area contributed by atoms with E-state index in [2.05, 4.69) is 11.2 Å². The van der Waals surface area contributed by atoms with Gasteiger partial charge in [0.05, 0.1) is 39.3 Å². The summed E-state index contributed by atoms with van der Waals surface area (Å²) in [4.78, 5) is 54.2. The van der Waals surface area contributed by atoms with Crippen molar-refractivity contribution >= 4 is 23.8 Å². The van der Waals surface area contributed by atoms with Crippen LogP contribution in [0.4, 0.5) is 9.18 Å². The van der Waals surface area contributed by atoms with Gasteiger partial charge in [0.2, 0.25) is 11.8 Å². The first kappa shape index (κ1) is 28.5. The molecule has 2 aromatic carbocycles. The van der Waals surface area contributed by atoms with Gasteiger partial charge in [-0.3, -0.25) is 14.4 Å². The summed E-state index contributed by atoms with van der Waals surface area (Å²) in [6.45, 7) is -0.210. The number of carboxylic acids is 1. The second-order valence-electron chi connectivity index (χ2n) is 9.34. The number of hydrogen-bond donors (Lipinski definition) is 2. The quantitative estimate of drug-likeness (QED) is 0.337. The third-order valence-corrected chi connectivity index (χ3v) is 6.69. The van der Waals surface area contributed by atoms with Crippen LogP contribution in [0.3, 0.4) is 0 Å².